The average molecular weight is 327 g/mol. The number of piperidine rings is 1. The summed E-state index contributed by atoms with van der Waals surface area (Å²) in [6.45, 7) is 3.62. The van der Waals surface area contributed by atoms with E-state index in [1.54, 1.807) is 18.3 Å². The number of amides is 1. The van der Waals surface area contributed by atoms with Gasteiger partial charge in [0, 0.05) is 31.0 Å². The lowest BCUT2D eigenvalue weighted by Crippen LogP contribution is -2.38. The molecular weight excluding hydrogens is 305 g/mol. The molecule has 4 nitrogen and oxygen atoms in total. The van der Waals surface area contributed by atoms with Crippen molar-refractivity contribution in [2.45, 2.75) is 19.4 Å². The quantitative estimate of drug-likeness (QED) is 0.918. The molecule has 1 fully saturated rings. The highest BCUT2D eigenvalue weighted by molar-refractivity contribution is 5.94. The second kappa shape index (κ2) is 8.02. The standard InChI is InChI=1S/C19H22FN3O/c20-18-5-1-4-17(11-18)19(24)22-13-15-6-9-23(10-7-15)14-16-3-2-8-21-12-16/h1-5,8,11-12,15H,6-7,9-10,13-14H2,(H,22,24). The van der Waals surface area contributed by atoms with E-state index in [1.165, 1.54) is 17.7 Å². The van der Waals surface area contributed by atoms with Crippen LogP contribution in [0.25, 0.3) is 0 Å². The maximum Gasteiger partial charge on any atom is 0.251 e. The summed E-state index contributed by atoms with van der Waals surface area (Å²) in [4.78, 5) is 18.6. The minimum atomic E-state index is -0.383. The zero-order valence-corrected chi connectivity index (χ0v) is 13.6. The van der Waals surface area contributed by atoms with Crippen molar-refractivity contribution in [1.29, 1.82) is 0 Å². The molecule has 0 atom stereocenters. The van der Waals surface area contributed by atoms with Crippen molar-refractivity contribution < 1.29 is 9.18 Å². The normalized spacial score (nSPS) is 16.0. The van der Waals surface area contributed by atoms with E-state index < -0.39 is 0 Å². The highest BCUT2D eigenvalue weighted by atomic mass is 19.1. The predicted octanol–water partition coefficient (Wildman–Crippen LogP) is 2.86. The van der Waals surface area contributed by atoms with Crippen molar-refractivity contribution in [3.8, 4) is 0 Å². The smallest absolute Gasteiger partial charge is 0.251 e. The fourth-order valence-corrected chi connectivity index (χ4v) is 3.07. The van der Waals surface area contributed by atoms with Gasteiger partial charge in [0.2, 0.25) is 0 Å². The Balaban J connectivity index is 1.42. The monoisotopic (exact) mass is 327 g/mol. The van der Waals surface area contributed by atoms with Gasteiger partial charge in [0.15, 0.2) is 0 Å². The zero-order valence-electron chi connectivity index (χ0n) is 13.6. The van der Waals surface area contributed by atoms with E-state index in [9.17, 15) is 9.18 Å². The first-order valence-corrected chi connectivity index (χ1v) is 8.36. The molecule has 0 aliphatic carbocycles. The summed E-state index contributed by atoms with van der Waals surface area (Å²) in [6.07, 6.45) is 5.82. The highest BCUT2D eigenvalue weighted by Gasteiger charge is 2.20. The van der Waals surface area contributed by atoms with E-state index >= 15 is 0 Å². The molecule has 0 unspecified atom stereocenters. The average Bonchev–Trinajstić information content (AvgIpc) is 2.62. The summed E-state index contributed by atoms with van der Waals surface area (Å²) in [5, 5.41) is 2.93. The van der Waals surface area contributed by atoms with Crippen LogP contribution < -0.4 is 5.32 Å². The van der Waals surface area contributed by atoms with Gasteiger partial charge in [0.05, 0.1) is 0 Å². The van der Waals surface area contributed by atoms with Crippen LogP contribution in [0.15, 0.2) is 48.8 Å². The van der Waals surface area contributed by atoms with Crippen molar-refractivity contribution in [1.82, 2.24) is 15.2 Å². The second-order valence-electron chi connectivity index (χ2n) is 6.30. The first-order chi connectivity index (χ1) is 11.7. The first-order valence-electron chi connectivity index (χ1n) is 8.36. The van der Waals surface area contributed by atoms with Crippen LogP contribution >= 0.6 is 0 Å². The van der Waals surface area contributed by atoms with Crippen molar-refractivity contribution in [3.05, 3.63) is 65.7 Å². The van der Waals surface area contributed by atoms with Gasteiger partial charge in [-0.3, -0.25) is 14.7 Å². The lowest BCUT2D eigenvalue weighted by atomic mass is 9.96. The molecule has 1 amide bonds. The minimum absolute atomic E-state index is 0.202. The molecule has 0 bridgehead atoms. The Labute approximate surface area is 141 Å². The van der Waals surface area contributed by atoms with Gasteiger partial charge >= 0.3 is 0 Å². The van der Waals surface area contributed by atoms with Gasteiger partial charge in [-0.1, -0.05) is 12.1 Å². The van der Waals surface area contributed by atoms with Crippen LogP contribution in [-0.2, 0) is 6.54 Å². The summed E-state index contributed by atoms with van der Waals surface area (Å²) >= 11 is 0. The number of likely N-dealkylation sites (tertiary alicyclic amines) is 1. The second-order valence-corrected chi connectivity index (χ2v) is 6.30. The number of carbonyl (C=O) groups is 1. The molecule has 1 aromatic carbocycles. The largest absolute Gasteiger partial charge is 0.352 e. The molecule has 1 aromatic heterocycles. The van der Waals surface area contributed by atoms with Gasteiger partial charge in [-0.15, -0.1) is 0 Å². The third kappa shape index (κ3) is 4.61. The highest BCUT2D eigenvalue weighted by Crippen LogP contribution is 2.18. The third-order valence-electron chi connectivity index (χ3n) is 4.47. The van der Waals surface area contributed by atoms with Gasteiger partial charge in [0.25, 0.3) is 5.91 Å². The summed E-state index contributed by atoms with van der Waals surface area (Å²) in [5.41, 5.74) is 1.61. The number of rotatable bonds is 5. The van der Waals surface area contributed by atoms with E-state index in [4.69, 9.17) is 0 Å². The fraction of sp³-hybridized carbons (Fsp3) is 0.368. The van der Waals surface area contributed by atoms with Crippen LogP contribution in [-0.4, -0.2) is 35.4 Å². The molecule has 1 saturated heterocycles. The number of nitrogens with zero attached hydrogens (tertiary/aromatic N) is 2. The summed E-state index contributed by atoms with van der Waals surface area (Å²) < 4.78 is 13.2. The van der Waals surface area contributed by atoms with Crippen LogP contribution in [0.5, 0.6) is 0 Å². The molecule has 126 valence electrons. The number of benzene rings is 1. The molecule has 2 heterocycles. The summed E-state index contributed by atoms with van der Waals surface area (Å²) in [6, 6.07) is 9.86. The number of aromatic nitrogens is 1. The number of halogens is 1. The Bertz CT molecular complexity index is 669. The number of hydrogen-bond acceptors (Lipinski definition) is 3. The van der Waals surface area contributed by atoms with Gasteiger partial charge < -0.3 is 5.32 Å². The van der Waals surface area contributed by atoms with E-state index in [0.717, 1.165) is 32.5 Å². The molecule has 1 N–H and O–H groups in total. The number of pyridine rings is 1. The molecule has 24 heavy (non-hydrogen) atoms. The number of nitrogens with one attached hydrogen (secondary N) is 1. The van der Waals surface area contributed by atoms with E-state index in [0.29, 0.717) is 18.0 Å². The first kappa shape index (κ1) is 16.6. The molecule has 2 aromatic rings. The molecule has 3 rings (SSSR count). The lowest BCUT2D eigenvalue weighted by Gasteiger charge is -2.32. The van der Waals surface area contributed by atoms with E-state index in [1.807, 2.05) is 12.3 Å². The van der Waals surface area contributed by atoms with Crippen LogP contribution in [0.1, 0.15) is 28.8 Å². The SMILES string of the molecule is O=C(NCC1CCN(Cc2cccnc2)CC1)c1cccc(F)c1. The van der Waals surface area contributed by atoms with Crippen LogP contribution in [0.4, 0.5) is 4.39 Å². The Morgan fingerprint density at radius 1 is 1.25 bits per heavy atom. The van der Waals surface area contributed by atoms with Gasteiger partial charge in [0.1, 0.15) is 5.82 Å². The molecule has 0 radical (unpaired) electrons. The molecule has 1 aliphatic rings. The Hall–Kier alpha value is -2.27. The minimum Gasteiger partial charge on any atom is -0.352 e. The molecule has 5 heteroatoms. The van der Waals surface area contributed by atoms with Crippen LogP contribution in [0.3, 0.4) is 0 Å². The van der Waals surface area contributed by atoms with Crippen molar-refractivity contribution in [2.75, 3.05) is 19.6 Å². The Morgan fingerprint density at radius 2 is 2.08 bits per heavy atom. The maximum absolute atomic E-state index is 13.2. The Morgan fingerprint density at radius 3 is 2.79 bits per heavy atom. The van der Waals surface area contributed by atoms with E-state index in [-0.39, 0.29) is 11.7 Å². The van der Waals surface area contributed by atoms with Gasteiger partial charge in [-0.05, 0) is 61.7 Å². The number of carbonyl (C=O) groups excluding carboxylic acids is 1. The van der Waals surface area contributed by atoms with Crippen LogP contribution in [0.2, 0.25) is 0 Å². The summed E-state index contributed by atoms with van der Waals surface area (Å²) in [7, 11) is 0. The molecule has 0 saturated carbocycles. The fourth-order valence-electron chi connectivity index (χ4n) is 3.07. The third-order valence-corrected chi connectivity index (χ3v) is 4.47. The van der Waals surface area contributed by atoms with E-state index in [2.05, 4.69) is 21.3 Å². The van der Waals surface area contributed by atoms with Crippen molar-refractivity contribution >= 4 is 5.91 Å². The molecule has 1 aliphatic heterocycles. The van der Waals surface area contributed by atoms with Crippen LogP contribution in [0, 0.1) is 11.7 Å². The topological polar surface area (TPSA) is 45.2 Å². The van der Waals surface area contributed by atoms with Gasteiger partial charge in [-0.2, -0.15) is 0 Å². The van der Waals surface area contributed by atoms with Crippen molar-refractivity contribution in [2.24, 2.45) is 5.92 Å². The maximum atomic E-state index is 13.2. The number of hydrogen-bond donors (Lipinski definition) is 1. The molecule has 0 spiro atoms. The predicted molar refractivity (Wildman–Crippen MR) is 91.0 cm³/mol. The summed E-state index contributed by atoms with van der Waals surface area (Å²) in [5.74, 6) is -0.105. The Kier molecular flexibility index (Phi) is 5.54. The van der Waals surface area contributed by atoms with Gasteiger partial charge in [-0.25, -0.2) is 4.39 Å². The molecular formula is C19H22FN3O. The zero-order chi connectivity index (χ0) is 16.8. The van der Waals surface area contributed by atoms with Crippen molar-refractivity contribution in [3.63, 3.8) is 0 Å². The lowest BCUT2D eigenvalue weighted by molar-refractivity contribution is 0.0934.